The monoisotopic (exact) mass is 453 g/mol. The molecule has 2 bridgehead atoms. The predicted molar refractivity (Wildman–Crippen MR) is 113 cm³/mol. The van der Waals surface area contributed by atoms with Gasteiger partial charge in [-0.15, -0.1) is 5.01 Å². The third kappa shape index (κ3) is 4.70. The molecule has 31 heavy (non-hydrogen) atoms. The molecule has 2 aromatic rings. The van der Waals surface area contributed by atoms with Crippen LogP contribution in [0.4, 0.5) is 35.3 Å². The minimum atomic E-state index is -4.46. The molecule has 0 aliphatic carbocycles. The number of carbonyl (C=O) groups is 1. The molecule has 2 aromatic heterocycles. The number of urea groups is 1. The second-order valence-electron chi connectivity index (χ2n) is 7.14. The van der Waals surface area contributed by atoms with E-state index >= 15 is 0 Å². The molecule has 2 aliphatic heterocycles. The Morgan fingerprint density at radius 3 is 2.87 bits per heavy atom. The number of hydrogen-bond donors (Lipinski definition) is 2. The van der Waals surface area contributed by atoms with Gasteiger partial charge in [-0.3, -0.25) is 10.2 Å². The Kier molecular flexibility index (Phi) is 6.21. The highest BCUT2D eigenvalue weighted by atomic mass is 32.2. The van der Waals surface area contributed by atoms with E-state index in [4.69, 9.17) is 0 Å². The lowest BCUT2D eigenvalue weighted by molar-refractivity contribution is -0.252. The molecular weight excluding hydrogens is 431 g/mol. The summed E-state index contributed by atoms with van der Waals surface area (Å²) in [6.07, 6.45) is -2.05. The van der Waals surface area contributed by atoms with Gasteiger partial charge in [-0.25, -0.2) is 14.8 Å². The van der Waals surface area contributed by atoms with E-state index in [1.54, 1.807) is 35.4 Å². The van der Waals surface area contributed by atoms with Crippen molar-refractivity contribution in [2.45, 2.75) is 31.4 Å². The highest BCUT2D eigenvalue weighted by Crippen LogP contribution is 2.39. The summed E-state index contributed by atoms with van der Waals surface area (Å²) in [5.41, 5.74) is 1.42. The molecule has 1 saturated heterocycles. The number of aromatic nitrogens is 2. The van der Waals surface area contributed by atoms with Crippen molar-refractivity contribution in [3.8, 4) is 0 Å². The number of nitrogens with zero attached hydrogens (tertiary/aromatic N) is 5. The van der Waals surface area contributed by atoms with Gasteiger partial charge in [0.15, 0.2) is 5.82 Å². The highest BCUT2D eigenvalue weighted by Gasteiger charge is 2.40. The van der Waals surface area contributed by atoms with Crippen LogP contribution in [0, 0.1) is 0 Å². The molecule has 2 aliphatic rings. The maximum atomic E-state index is 13.0. The van der Waals surface area contributed by atoms with Crippen molar-refractivity contribution in [1.29, 1.82) is 0 Å². The third-order valence-electron chi connectivity index (χ3n) is 5.15. The molecule has 1 unspecified atom stereocenters. The van der Waals surface area contributed by atoms with E-state index in [-0.39, 0.29) is 29.4 Å². The summed E-state index contributed by atoms with van der Waals surface area (Å²) in [4.78, 5) is 27.9. The molecule has 166 valence electrons. The molecular formula is C19H22F3N7OS. The van der Waals surface area contributed by atoms with Gasteiger partial charge in [0, 0.05) is 25.8 Å². The van der Waals surface area contributed by atoms with Crippen LogP contribution in [0.2, 0.25) is 0 Å². The average molecular weight is 453 g/mol. The quantitative estimate of drug-likeness (QED) is 0.393. The summed E-state index contributed by atoms with van der Waals surface area (Å²) in [6.45, 7) is 2.74. The van der Waals surface area contributed by atoms with Crippen LogP contribution in [0.5, 0.6) is 0 Å². The second-order valence-corrected chi connectivity index (χ2v) is 7.90. The van der Waals surface area contributed by atoms with Gasteiger partial charge in [-0.2, -0.15) is 18.0 Å². The molecule has 0 saturated carbocycles. The number of fused-ring (bicyclic) bond motifs is 4. The summed E-state index contributed by atoms with van der Waals surface area (Å²) < 4.78 is 38.6. The van der Waals surface area contributed by atoms with E-state index in [1.807, 2.05) is 6.07 Å². The van der Waals surface area contributed by atoms with Crippen LogP contribution in [0.15, 0.2) is 36.5 Å². The Morgan fingerprint density at radius 1 is 1.32 bits per heavy atom. The Balaban J connectivity index is 1.51. The average Bonchev–Trinajstić information content (AvgIpc) is 3.15. The standard InChI is InChI=1S/C19H22F3N7OS/c1-2-28(19(20,21)22)26-31-12-13-6-7-15-17(24-13)29(14-8-10-27(15)11-14)18(30)25-16-5-3-4-9-23-16/h3-7,9,14,26H,2,8,10-12H2,1H3,(H,23,25,30). The lowest BCUT2D eigenvalue weighted by Crippen LogP contribution is -2.48. The van der Waals surface area contributed by atoms with Crippen LogP contribution in [0.1, 0.15) is 19.0 Å². The van der Waals surface area contributed by atoms with Crippen LogP contribution in [-0.2, 0) is 5.75 Å². The lowest BCUT2D eigenvalue weighted by atomic mass is 10.2. The number of amides is 2. The number of alkyl halides is 3. The molecule has 4 rings (SSSR count). The fourth-order valence-corrected chi connectivity index (χ4v) is 4.44. The molecule has 0 radical (unpaired) electrons. The lowest BCUT2D eigenvalue weighted by Gasteiger charge is -2.35. The maximum absolute atomic E-state index is 13.0. The first-order valence-corrected chi connectivity index (χ1v) is 10.8. The first kappa shape index (κ1) is 21.7. The van der Waals surface area contributed by atoms with Gasteiger partial charge in [0.1, 0.15) is 5.82 Å². The molecule has 4 heterocycles. The van der Waals surface area contributed by atoms with Gasteiger partial charge in [0.05, 0.1) is 23.2 Å². The van der Waals surface area contributed by atoms with Crippen LogP contribution in [0.3, 0.4) is 0 Å². The van der Waals surface area contributed by atoms with E-state index in [1.165, 1.54) is 6.92 Å². The molecule has 2 amide bonds. The maximum Gasteiger partial charge on any atom is 0.473 e. The van der Waals surface area contributed by atoms with Crippen LogP contribution in [-0.4, -0.2) is 53.0 Å². The van der Waals surface area contributed by atoms with Crippen molar-refractivity contribution < 1.29 is 18.0 Å². The number of pyridine rings is 2. The highest BCUT2D eigenvalue weighted by molar-refractivity contribution is 7.96. The predicted octanol–water partition coefficient (Wildman–Crippen LogP) is 3.60. The van der Waals surface area contributed by atoms with E-state index in [2.05, 4.69) is 25.0 Å². The fourth-order valence-electron chi connectivity index (χ4n) is 3.68. The van der Waals surface area contributed by atoms with Crippen LogP contribution < -0.4 is 19.9 Å². The number of hydrazine groups is 1. The van der Waals surface area contributed by atoms with Crippen molar-refractivity contribution in [2.75, 3.05) is 34.8 Å². The zero-order chi connectivity index (χ0) is 22.0. The largest absolute Gasteiger partial charge is 0.473 e. The smallest absolute Gasteiger partial charge is 0.366 e. The van der Waals surface area contributed by atoms with Gasteiger partial charge in [0.2, 0.25) is 0 Å². The molecule has 1 atom stereocenters. The van der Waals surface area contributed by atoms with Crippen molar-refractivity contribution in [2.24, 2.45) is 0 Å². The Bertz CT molecular complexity index is 930. The summed E-state index contributed by atoms with van der Waals surface area (Å²) in [5.74, 6) is 1.17. The van der Waals surface area contributed by atoms with Crippen LogP contribution in [0.25, 0.3) is 0 Å². The number of carbonyl (C=O) groups excluding carboxylic acids is 1. The van der Waals surface area contributed by atoms with Crippen molar-refractivity contribution in [3.63, 3.8) is 0 Å². The van der Waals surface area contributed by atoms with Crippen LogP contribution >= 0.6 is 11.9 Å². The number of rotatable bonds is 6. The minimum Gasteiger partial charge on any atom is -0.366 e. The first-order chi connectivity index (χ1) is 14.9. The molecule has 2 N–H and O–H groups in total. The van der Waals surface area contributed by atoms with Gasteiger partial charge >= 0.3 is 12.3 Å². The number of nitrogens with one attached hydrogen (secondary N) is 2. The Labute approximate surface area is 181 Å². The van der Waals surface area contributed by atoms with E-state index in [9.17, 15) is 18.0 Å². The second kappa shape index (κ2) is 8.89. The molecule has 8 nitrogen and oxygen atoms in total. The zero-order valence-electron chi connectivity index (χ0n) is 16.8. The molecule has 1 fully saturated rings. The summed E-state index contributed by atoms with van der Waals surface area (Å²) in [5, 5.41) is 3.01. The van der Waals surface area contributed by atoms with Gasteiger partial charge in [-0.1, -0.05) is 24.9 Å². The summed E-state index contributed by atoms with van der Waals surface area (Å²) in [7, 11) is 0. The zero-order valence-corrected chi connectivity index (χ0v) is 17.6. The topological polar surface area (TPSA) is 76.6 Å². The fraction of sp³-hybridized carbons (Fsp3) is 0.421. The number of anilines is 3. The normalized spacial score (nSPS) is 17.8. The molecule has 0 spiro atoms. The third-order valence-corrected chi connectivity index (χ3v) is 5.93. The molecule has 12 heteroatoms. The summed E-state index contributed by atoms with van der Waals surface area (Å²) in [6, 6.07) is 8.56. The number of hydrogen-bond acceptors (Lipinski definition) is 7. The van der Waals surface area contributed by atoms with Gasteiger partial charge in [0.25, 0.3) is 0 Å². The first-order valence-electron chi connectivity index (χ1n) is 9.84. The van der Waals surface area contributed by atoms with Crippen molar-refractivity contribution >= 4 is 35.3 Å². The Hall–Kier alpha value is -2.57. The van der Waals surface area contributed by atoms with Gasteiger partial charge in [-0.05, 0) is 30.7 Å². The Morgan fingerprint density at radius 2 is 2.16 bits per heavy atom. The van der Waals surface area contributed by atoms with E-state index in [0.29, 0.717) is 17.3 Å². The van der Waals surface area contributed by atoms with E-state index in [0.717, 1.165) is 37.1 Å². The SMILES string of the molecule is CCN(NSCc1ccc2c(n1)N(C(=O)Nc1ccccn1)C1CCN2C1)C(F)(F)F. The minimum absolute atomic E-state index is 0.0226. The van der Waals surface area contributed by atoms with Crippen molar-refractivity contribution in [1.82, 2.24) is 19.8 Å². The summed E-state index contributed by atoms with van der Waals surface area (Å²) >= 11 is 0.897. The van der Waals surface area contributed by atoms with E-state index < -0.39 is 6.30 Å². The number of halogens is 3. The van der Waals surface area contributed by atoms with Crippen molar-refractivity contribution in [3.05, 3.63) is 42.2 Å². The van der Waals surface area contributed by atoms with Gasteiger partial charge < -0.3 is 4.90 Å². The molecule has 0 aromatic carbocycles.